The number of nitrogens with two attached hydrogens (primary N) is 1. The molecule has 0 aliphatic heterocycles. The highest BCUT2D eigenvalue weighted by atomic mass is 19.1. The van der Waals surface area contributed by atoms with Crippen LogP contribution in [-0.2, 0) is 5.41 Å². The highest BCUT2D eigenvalue weighted by Gasteiger charge is 2.18. The molecule has 0 radical (unpaired) electrons. The van der Waals surface area contributed by atoms with Gasteiger partial charge in [0, 0.05) is 17.2 Å². The maximum Gasteiger partial charge on any atom is 0.136 e. The topological polar surface area (TPSA) is 51.8 Å². The Balaban J connectivity index is 2.45. The number of benzene rings is 1. The van der Waals surface area contributed by atoms with Crippen molar-refractivity contribution >= 4 is 5.82 Å². The van der Waals surface area contributed by atoms with E-state index in [0.29, 0.717) is 11.6 Å². The van der Waals surface area contributed by atoms with Gasteiger partial charge in [-0.3, -0.25) is 0 Å². The Morgan fingerprint density at radius 1 is 1.11 bits per heavy atom. The molecule has 94 valence electrons. The van der Waals surface area contributed by atoms with Gasteiger partial charge in [-0.2, -0.15) is 0 Å². The van der Waals surface area contributed by atoms with Crippen LogP contribution in [0.2, 0.25) is 0 Å². The minimum Gasteiger partial charge on any atom is -0.383 e. The number of anilines is 1. The van der Waals surface area contributed by atoms with E-state index in [-0.39, 0.29) is 11.2 Å². The van der Waals surface area contributed by atoms with Gasteiger partial charge in [-0.25, -0.2) is 14.4 Å². The highest BCUT2D eigenvalue weighted by Crippen LogP contribution is 2.26. The highest BCUT2D eigenvalue weighted by molar-refractivity contribution is 5.72. The molecule has 0 amide bonds. The van der Waals surface area contributed by atoms with Crippen molar-refractivity contribution < 1.29 is 4.39 Å². The van der Waals surface area contributed by atoms with E-state index >= 15 is 0 Å². The lowest BCUT2D eigenvalue weighted by Crippen LogP contribution is -2.17. The molecule has 0 bridgehead atoms. The first-order chi connectivity index (χ1) is 8.38. The van der Waals surface area contributed by atoms with E-state index in [0.717, 1.165) is 11.1 Å². The van der Waals surface area contributed by atoms with Gasteiger partial charge in [0.25, 0.3) is 0 Å². The molecule has 4 heteroatoms. The molecule has 2 rings (SSSR count). The minimum atomic E-state index is -0.274. The lowest BCUT2D eigenvalue weighted by Gasteiger charge is -2.17. The lowest BCUT2D eigenvalue weighted by atomic mass is 9.95. The van der Waals surface area contributed by atoms with Crippen molar-refractivity contribution in [3.63, 3.8) is 0 Å². The van der Waals surface area contributed by atoms with Crippen LogP contribution in [-0.4, -0.2) is 9.97 Å². The fourth-order valence-corrected chi connectivity index (χ4v) is 1.61. The van der Waals surface area contributed by atoms with Gasteiger partial charge in [0.2, 0.25) is 0 Å². The van der Waals surface area contributed by atoms with Crippen LogP contribution in [0.25, 0.3) is 11.1 Å². The van der Waals surface area contributed by atoms with E-state index in [1.54, 1.807) is 18.3 Å². The largest absolute Gasteiger partial charge is 0.383 e. The van der Waals surface area contributed by atoms with E-state index in [1.165, 1.54) is 12.1 Å². The lowest BCUT2D eigenvalue weighted by molar-refractivity contribution is 0.546. The molecule has 0 saturated heterocycles. The Bertz CT molecular complexity index is 556. The average Bonchev–Trinajstić information content (AvgIpc) is 2.29. The molecule has 2 N–H and O–H groups in total. The first-order valence-electron chi connectivity index (χ1n) is 5.77. The third-order valence-electron chi connectivity index (χ3n) is 2.64. The summed E-state index contributed by atoms with van der Waals surface area (Å²) in [5.74, 6) is 0.844. The molecule has 0 aliphatic carbocycles. The number of rotatable bonds is 1. The summed E-state index contributed by atoms with van der Waals surface area (Å²) in [5.41, 5.74) is 7.34. The van der Waals surface area contributed by atoms with Gasteiger partial charge in [-0.05, 0) is 17.7 Å². The van der Waals surface area contributed by atoms with Gasteiger partial charge >= 0.3 is 0 Å². The molecule has 18 heavy (non-hydrogen) atoms. The summed E-state index contributed by atoms with van der Waals surface area (Å²) in [6.07, 6.45) is 1.69. The Morgan fingerprint density at radius 3 is 2.22 bits per heavy atom. The summed E-state index contributed by atoms with van der Waals surface area (Å²) in [6.45, 7) is 6.08. The number of nitrogen functional groups attached to an aromatic ring is 1. The fraction of sp³-hybridized carbons (Fsp3) is 0.286. The van der Waals surface area contributed by atoms with Gasteiger partial charge in [0.1, 0.15) is 17.5 Å². The van der Waals surface area contributed by atoms with Crippen LogP contribution < -0.4 is 5.73 Å². The molecule has 1 aromatic carbocycles. The van der Waals surface area contributed by atoms with Crippen LogP contribution in [0, 0.1) is 5.82 Å². The summed E-state index contributed by atoms with van der Waals surface area (Å²) in [5, 5.41) is 0. The van der Waals surface area contributed by atoms with Gasteiger partial charge < -0.3 is 5.73 Å². The van der Waals surface area contributed by atoms with Crippen molar-refractivity contribution in [3.05, 3.63) is 42.1 Å². The predicted molar refractivity (Wildman–Crippen MR) is 70.5 cm³/mol. The van der Waals surface area contributed by atoms with E-state index in [9.17, 15) is 4.39 Å². The van der Waals surface area contributed by atoms with Crippen molar-refractivity contribution in [2.45, 2.75) is 26.2 Å². The van der Waals surface area contributed by atoms with Crippen LogP contribution >= 0.6 is 0 Å². The van der Waals surface area contributed by atoms with E-state index in [1.807, 2.05) is 20.8 Å². The molecule has 0 unspecified atom stereocenters. The predicted octanol–water partition coefficient (Wildman–Crippen LogP) is 3.16. The number of hydrogen-bond acceptors (Lipinski definition) is 3. The monoisotopic (exact) mass is 245 g/mol. The van der Waals surface area contributed by atoms with Crippen LogP contribution in [0.5, 0.6) is 0 Å². The van der Waals surface area contributed by atoms with Gasteiger partial charge in [-0.1, -0.05) is 32.9 Å². The first kappa shape index (κ1) is 12.5. The Kier molecular flexibility index (Phi) is 3.03. The van der Waals surface area contributed by atoms with Gasteiger partial charge in [-0.15, -0.1) is 0 Å². The van der Waals surface area contributed by atoms with Crippen LogP contribution in [0.1, 0.15) is 26.6 Å². The summed E-state index contributed by atoms with van der Waals surface area (Å²) in [4.78, 5) is 8.64. The molecule has 0 aliphatic rings. The number of hydrogen-bond donors (Lipinski definition) is 1. The molecule has 1 heterocycles. The molecule has 2 aromatic rings. The number of nitrogens with zero attached hydrogens (tertiary/aromatic N) is 2. The quantitative estimate of drug-likeness (QED) is 0.839. The zero-order chi connectivity index (χ0) is 13.3. The molecular weight excluding hydrogens is 229 g/mol. The van der Waals surface area contributed by atoms with E-state index in [4.69, 9.17) is 5.73 Å². The second-order valence-corrected chi connectivity index (χ2v) is 5.25. The summed E-state index contributed by atoms with van der Waals surface area (Å²) in [6, 6.07) is 6.13. The van der Waals surface area contributed by atoms with Gasteiger partial charge in [0.05, 0.1) is 0 Å². The zero-order valence-corrected chi connectivity index (χ0v) is 10.7. The molecule has 0 saturated carbocycles. The Labute approximate surface area is 106 Å². The average molecular weight is 245 g/mol. The van der Waals surface area contributed by atoms with Crippen molar-refractivity contribution in [3.8, 4) is 11.1 Å². The van der Waals surface area contributed by atoms with E-state index < -0.39 is 0 Å². The standard InChI is InChI=1S/C14H16FN3/c1-14(2,3)13-17-8-11(12(16)18-13)9-4-6-10(15)7-5-9/h4-8H,1-3H3,(H2,16,17,18). The van der Waals surface area contributed by atoms with Crippen molar-refractivity contribution in [2.24, 2.45) is 0 Å². The van der Waals surface area contributed by atoms with E-state index in [2.05, 4.69) is 9.97 Å². The summed E-state index contributed by atoms with van der Waals surface area (Å²) in [7, 11) is 0. The second-order valence-electron chi connectivity index (χ2n) is 5.25. The summed E-state index contributed by atoms with van der Waals surface area (Å²) < 4.78 is 12.9. The smallest absolute Gasteiger partial charge is 0.136 e. The third kappa shape index (κ3) is 2.47. The molecule has 0 atom stereocenters. The Morgan fingerprint density at radius 2 is 1.72 bits per heavy atom. The maximum absolute atomic E-state index is 12.9. The zero-order valence-electron chi connectivity index (χ0n) is 10.7. The molecule has 1 aromatic heterocycles. The minimum absolute atomic E-state index is 0.143. The first-order valence-corrected chi connectivity index (χ1v) is 5.77. The molecule has 3 nitrogen and oxygen atoms in total. The molecule has 0 spiro atoms. The third-order valence-corrected chi connectivity index (χ3v) is 2.64. The molecular formula is C14H16FN3. The molecule has 0 fully saturated rings. The maximum atomic E-state index is 12.9. The SMILES string of the molecule is CC(C)(C)c1ncc(-c2ccc(F)cc2)c(N)n1. The van der Waals surface area contributed by atoms with Crippen molar-refractivity contribution in [1.82, 2.24) is 9.97 Å². The number of halogens is 1. The summed E-state index contributed by atoms with van der Waals surface area (Å²) >= 11 is 0. The normalized spacial score (nSPS) is 11.6. The van der Waals surface area contributed by atoms with Gasteiger partial charge in [0.15, 0.2) is 0 Å². The number of aromatic nitrogens is 2. The van der Waals surface area contributed by atoms with Crippen molar-refractivity contribution in [2.75, 3.05) is 5.73 Å². The Hall–Kier alpha value is -1.97. The fourth-order valence-electron chi connectivity index (χ4n) is 1.61. The van der Waals surface area contributed by atoms with Crippen LogP contribution in [0.4, 0.5) is 10.2 Å². The van der Waals surface area contributed by atoms with Crippen LogP contribution in [0.3, 0.4) is 0 Å². The van der Waals surface area contributed by atoms with Crippen molar-refractivity contribution in [1.29, 1.82) is 0 Å². The second kappa shape index (κ2) is 4.37. The van der Waals surface area contributed by atoms with Crippen LogP contribution in [0.15, 0.2) is 30.5 Å².